The molecule has 1 aromatic heterocycles. The molecule has 0 bridgehead atoms. The lowest BCUT2D eigenvalue weighted by molar-refractivity contribution is -0.128. The van der Waals surface area contributed by atoms with E-state index in [4.69, 9.17) is 0 Å². The molecule has 2 saturated heterocycles. The molecule has 2 aliphatic heterocycles. The molecule has 2 aliphatic rings. The number of aliphatic imine (C=N–C) groups is 1. The number of nitrogens with one attached hydrogen (secondary N) is 1. The molecule has 31 heavy (non-hydrogen) atoms. The van der Waals surface area contributed by atoms with E-state index in [1.807, 2.05) is 24.5 Å². The van der Waals surface area contributed by atoms with E-state index in [9.17, 15) is 4.79 Å². The number of guanidine groups is 1. The molecule has 2 unspecified atom stereocenters. The SMILES string of the molecule is CN=C(NCc1ccc(CN2CCCC2=O)cc1)N1CCC(C)C(n2ccnc2)C1.I. The first kappa shape index (κ1) is 23.6. The maximum atomic E-state index is 11.8. The number of carbonyl (C=O) groups excluding carboxylic acids is 1. The summed E-state index contributed by atoms with van der Waals surface area (Å²) in [5.41, 5.74) is 2.40. The van der Waals surface area contributed by atoms with E-state index >= 15 is 0 Å². The second-order valence-electron chi connectivity index (χ2n) is 8.43. The van der Waals surface area contributed by atoms with Crippen LogP contribution in [0.4, 0.5) is 0 Å². The maximum Gasteiger partial charge on any atom is 0.222 e. The van der Waals surface area contributed by atoms with Gasteiger partial charge in [-0.15, -0.1) is 24.0 Å². The number of nitrogens with zero attached hydrogens (tertiary/aromatic N) is 5. The molecule has 0 aliphatic carbocycles. The first-order valence-electron chi connectivity index (χ1n) is 10.9. The summed E-state index contributed by atoms with van der Waals surface area (Å²) in [7, 11) is 1.85. The second-order valence-corrected chi connectivity index (χ2v) is 8.43. The van der Waals surface area contributed by atoms with E-state index in [1.165, 1.54) is 11.1 Å². The molecule has 8 heteroatoms. The minimum atomic E-state index is 0. The number of benzene rings is 1. The van der Waals surface area contributed by atoms with Crippen LogP contribution in [0.15, 0.2) is 48.0 Å². The summed E-state index contributed by atoms with van der Waals surface area (Å²) in [4.78, 5) is 24.9. The molecule has 0 saturated carbocycles. The Morgan fingerprint density at radius 3 is 2.65 bits per heavy atom. The average molecular weight is 536 g/mol. The largest absolute Gasteiger partial charge is 0.352 e. The highest BCUT2D eigenvalue weighted by atomic mass is 127. The van der Waals surface area contributed by atoms with Crippen molar-refractivity contribution in [2.75, 3.05) is 26.7 Å². The number of imidazole rings is 1. The molecule has 1 amide bonds. The van der Waals surface area contributed by atoms with Gasteiger partial charge in [-0.05, 0) is 29.9 Å². The topological polar surface area (TPSA) is 65.8 Å². The van der Waals surface area contributed by atoms with Crippen LogP contribution in [-0.4, -0.2) is 57.9 Å². The summed E-state index contributed by atoms with van der Waals surface area (Å²) < 4.78 is 2.22. The van der Waals surface area contributed by atoms with Crippen LogP contribution in [0.1, 0.15) is 43.4 Å². The second kappa shape index (κ2) is 11.0. The van der Waals surface area contributed by atoms with Crippen LogP contribution in [0.2, 0.25) is 0 Å². The van der Waals surface area contributed by atoms with E-state index < -0.39 is 0 Å². The fraction of sp³-hybridized carbons (Fsp3) is 0.522. The van der Waals surface area contributed by atoms with Crippen LogP contribution in [0.25, 0.3) is 0 Å². The number of hydrogen-bond acceptors (Lipinski definition) is 3. The monoisotopic (exact) mass is 536 g/mol. The van der Waals surface area contributed by atoms with Crippen LogP contribution in [0.5, 0.6) is 0 Å². The smallest absolute Gasteiger partial charge is 0.222 e. The number of piperidine rings is 1. The van der Waals surface area contributed by atoms with Crippen molar-refractivity contribution in [1.29, 1.82) is 0 Å². The summed E-state index contributed by atoms with van der Waals surface area (Å²) >= 11 is 0. The Morgan fingerprint density at radius 1 is 1.23 bits per heavy atom. The normalized spacial score (nSPS) is 21.9. The number of aromatic nitrogens is 2. The van der Waals surface area contributed by atoms with Gasteiger partial charge in [-0.1, -0.05) is 31.2 Å². The molecule has 1 aromatic carbocycles. The Morgan fingerprint density at radius 2 is 2.00 bits per heavy atom. The zero-order chi connectivity index (χ0) is 20.9. The number of hydrogen-bond donors (Lipinski definition) is 1. The molecule has 168 valence electrons. The lowest BCUT2D eigenvalue weighted by Gasteiger charge is -2.39. The summed E-state index contributed by atoms with van der Waals surface area (Å²) in [6, 6.07) is 8.95. The van der Waals surface area contributed by atoms with Crippen LogP contribution in [0, 0.1) is 5.92 Å². The lowest BCUT2D eigenvalue weighted by atomic mass is 9.93. The molecule has 7 nitrogen and oxygen atoms in total. The molecular formula is C23H33IN6O. The van der Waals surface area contributed by atoms with Crippen molar-refractivity contribution in [3.63, 3.8) is 0 Å². The lowest BCUT2D eigenvalue weighted by Crippen LogP contribution is -2.48. The van der Waals surface area contributed by atoms with E-state index in [1.54, 1.807) is 0 Å². The fourth-order valence-electron chi connectivity index (χ4n) is 4.46. The molecule has 2 atom stereocenters. The van der Waals surface area contributed by atoms with Gasteiger partial charge in [0.05, 0.1) is 12.4 Å². The highest BCUT2D eigenvalue weighted by Gasteiger charge is 2.28. The van der Waals surface area contributed by atoms with Gasteiger partial charge in [0.25, 0.3) is 0 Å². The van der Waals surface area contributed by atoms with Gasteiger partial charge in [-0.25, -0.2) is 4.98 Å². The minimum Gasteiger partial charge on any atom is -0.352 e. The molecule has 3 heterocycles. The molecule has 2 fully saturated rings. The van der Waals surface area contributed by atoms with Crippen LogP contribution in [-0.2, 0) is 17.9 Å². The Labute approximate surface area is 201 Å². The fourth-order valence-corrected chi connectivity index (χ4v) is 4.46. The third-order valence-electron chi connectivity index (χ3n) is 6.36. The van der Waals surface area contributed by atoms with E-state index in [2.05, 4.69) is 62.1 Å². The number of carbonyl (C=O) groups is 1. The summed E-state index contributed by atoms with van der Waals surface area (Å²) in [6.45, 7) is 6.59. The summed E-state index contributed by atoms with van der Waals surface area (Å²) in [6.07, 6.45) is 8.63. The predicted molar refractivity (Wildman–Crippen MR) is 133 cm³/mol. The average Bonchev–Trinajstić information content (AvgIpc) is 3.43. The van der Waals surface area contributed by atoms with E-state index in [-0.39, 0.29) is 29.9 Å². The zero-order valence-corrected chi connectivity index (χ0v) is 20.7. The first-order chi connectivity index (χ1) is 14.6. The third-order valence-corrected chi connectivity index (χ3v) is 6.36. The Hall–Kier alpha value is -2.10. The summed E-state index contributed by atoms with van der Waals surface area (Å²) in [5.74, 6) is 1.83. The molecule has 2 aromatic rings. The Bertz CT molecular complexity index is 867. The van der Waals surface area contributed by atoms with Gasteiger partial charge >= 0.3 is 0 Å². The number of rotatable bonds is 5. The number of halogens is 1. The van der Waals surface area contributed by atoms with Crippen molar-refractivity contribution >= 4 is 35.8 Å². The van der Waals surface area contributed by atoms with Gasteiger partial charge in [0.15, 0.2) is 5.96 Å². The highest BCUT2D eigenvalue weighted by molar-refractivity contribution is 14.0. The van der Waals surface area contributed by atoms with Crippen LogP contribution >= 0.6 is 24.0 Å². The molecule has 0 radical (unpaired) electrons. The van der Waals surface area contributed by atoms with Crippen molar-refractivity contribution in [2.24, 2.45) is 10.9 Å². The maximum absolute atomic E-state index is 11.8. The van der Waals surface area contributed by atoms with Gasteiger partial charge in [0.2, 0.25) is 5.91 Å². The van der Waals surface area contributed by atoms with E-state index in [0.29, 0.717) is 18.4 Å². The van der Waals surface area contributed by atoms with Crippen molar-refractivity contribution in [1.82, 2.24) is 24.7 Å². The molecular weight excluding hydrogens is 503 g/mol. The van der Waals surface area contributed by atoms with Crippen molar-refractivity contribution in [3.8, 4) is 0 Å². The zero-order valence-electron chi connectivity index (χ0n) is 18.4. The van der Waals surface area contributed by atoms with Gasteiger partial charge in [-0.3, -0.25) is 9.79 Å². The third kappa shape index (κ3) is 5.78. The van der Waals surface area contributed by atoms with E-state index in [0.717, 1.165) is 51.5 Å². The van der Waals surface area contributed by atoms with Crippen molar-refractivity contribution < 1.29 is 4.79 Å². The molecule has 4 rings (SSSR count). The minimum absolute atomic E-state index is 0. The standard InChI is InChI=1S/C23H32N6O.HI/c1-18-9-12-28(16-21(18)29-13-10-25-17-29)23(24-2)26-14-19-5-7-20(8-6-19)15-27-11-3-4-22(27)30;/h5-8,10,13,17-18,21H,3-4,9,11-12,14-16H2,1-2H3,(H,24,26);1H. The van der Waals surface area contributed by atoms with Crippen LogP contribution in [0.3, 0.4) is 0 Å². The van der Waals surface area contributed by atoms with Gasteiger partial charge < -0.3 is 19.7 Å². The highest BCUT2D eigenvalue weighted by Crippen LogP contribution is 2.27. The Kier molecular flexibility index (Phi) is 8.34. The first-order valence-corrected chi connectivity index (χ1v) is 10.9. The molecule has 0 spiro atoms. The quantitative estimate of drug-likeness (QED) is 0.362. The number of likely N-dealkylation sites (tertiary alicyclic amines) is 2. The van der Waals surface area contributed by atoms with Gasteiger partial charge in [0.1, 0.15) is 0 Å². The van der Waals surface area contributed by atoms with Crippen molar-refractivity contribution in [3.05, 3.63) is 54.1 Å². The van der Waals surface area contributed by atoms with Gasteiger partial charge in [-0.2, -0.15) is 0 Å². The van der Waals surface area contributed by atoms with Crippen molar-refractivity contribution in [2.45, 2.75) is 45.3 Å². The summed E-state index contributed by atoms with van der Waals surface area (Å²) in [5, 5.41) is 3.52. The molecule has 1 N–H and O–H groups in total. The number of amides is 1. The van der Waals surface area contributed by atoms with Crippen LogP contribution < -0.4 is 5.32 Å². The predicted octanol–water partition coefficient (Wildman–Crippen LogP) is 3.28. The van der Waals surface area contributed by atoms with Gasteiger partial charge in [0, 0.05) is 58.6 Å². The Balaban J connectivity index is 0.00000272.